The molecule has 0 spiro atoms. The van der Waals surface area contributed by atoms with Gasteiger partial charge < -0.3 is 10.5 Å². The number of aromatic amines is 1. The Morgan fingerprint density at radius 1 is 1.08 bits per heavy atom. The molecule has 0 aliphatic carbocycles. The molecule has 0 fully saturated rings. The number of benzene rings is 1. The molecule has 0 saturated heterocycles. The highest BCUT2D eigenvalue weighted by atomic mass is 16.5. The molecule has 36 heavy (non-hydrogen) atoms. The number of nitrogens with zero attached hydrogens (tertiary/aromatic N) is 4. The van der Waals surface area contributed by atoms with Gasteiger partial charge in [0.05, 0.1) is 5.39 Å². The van der Waals surface area contributed by atoms with Crippen LogP contribution in [0.25, 0.3) is 10.8 Å². The zero-order valence-corrected chi connectivity index (χ0v) is 21.4. The van der Waals surface area contributed by atoms with Crippen molar-refractivity contribution < 1.29 is 9.53 Å². The fourth-order valence-corrected chi connectivity index (χ4v) is 4.06. The minimum atomic E-state index is -0.775. The van der Waals surface area contributed by atoms with Gasteiger partial charge in [0, 0.05) is 38.7 Å². The summed E-state index contributed by atoms with van der Waals surface area (Å²) < 4.78 is 7.68. The number of nitrogens with one attached hydrogen (secondary N) is 1. The van der Waals surface area contributed by atoms with Gasteiger partial charge in [-0.3, -0.25) is 28.8 Å². The third kappa shape index (κ3) is 5.56. The highest BCUT2D eigenvalue weighted by Crippen LogP contribution is 2.23. The van der Waals surface area contributed by atoms with Crippen LogP contribution in [0.1, 0.15) is 44.6 Å². The summed E-state index contributed by atoms with van der Waals surface area (Å²) in [4.78, 5) is 56.0. The minimum absolute atomic E-state index is 0.0173. The molecule has 0 radical (unpaired) electrons. The van der Waals surface area contributed by atoms with Crippen molar-refractivity contribution in [3.8, 4) is 0 Å². The second-order valence-corrected chi connectivity index (χ2v) is 9.58. The number of carbonyl (C=O) groups is 1. The number of rotatable bonds is 10. The monoisotopic (exact) mass is 498 g/mol. The SMILES string of the molecule is COCCCN(C(=O)c1nn(CC(C)C)c(=O)c2ccccc12)c1c(N)n(CC(C)C)c(=O)[nH]c1=O. The fraction of sp³-hybridized carbons (Fsp3) is 0.480. The Kier molecular flexibility index (Phi) is 8.46. The Morgan fingerprint density at radius 3 is 2.33 bits per heavy atom. The van der Waals surface area contributed by atoms with E-state index in [1.54, 1.807) is 24.3 Å². The quantitative estimate of drug-likeness (QED) is 0.406. The molecule has 0 bridgehead atoms. The zero-order chi connectivity index (χ0) is 26.6. The number of nitrogen functional groups attached to an aromatic ring is 1. The molecule has 0 unspecified atom stereocenters. The highest BCUT2D eigenvalue weighted by molar-refractivity contribution is 6.13. The predicted molar refractivity (Wildman–Crippen MR) is 140 cm³/mol. The number of carbonyl (C=O) groups excluding carboxylic acids is 1. The van der Waals surface area contributed by atoms with E-state index in [1.807, 2.05) is 27.7 Å². The van der Waals surface area contributed by atoms with Crippen molar-refractivity contribution in [1.29, 1.82) is 0 Å². The molecule has 0 saturated carbocycles. The Morgan fingerprint density at radius 2 is 1.72 bits per heavy atom. The average molecular weight is 499 g/mol. The van der Waals surface area contributed by atoms with Crippen molar-refractivity contribution in [2.75, 3.05) is 30.9 Å². The topological polar surface area (TPSA) is 145 Å². The molecule has 11 nitrogen and oxygen atoms in total. The summed E-state index contributed by atoms with van der Waals surface area (Å²) in [5, 5.41) is 5.14. The van der Waals surface area contributed by atoms with Crippen molar-refractivity contribution in [1.82, 2.24) is 19.3 Å². The van der Waals surface area contributed by atoms with E-state index in [0.717, 1.165) is 0 Å². The molecule has 3 rings (SSSR count). The summed E-state index contributed by atoms with van der Waals surface area (Å²) in [6.45, 7) is 8.69. The van der Waals surface area contributed by atoms with Crippen LogP contribution < -0.4 is 27.4 Å². The first-order valence-corrected chi connectivity index (χ1v) is 12.0. The lowest BCUT2D eigenvalue weighted by molar-refractivity contribution is 0.0977. The summed E-state index contributed by atoms with van der Waals surface area (Å²) >= 11 is 0. The number of H-pyrrole nitrogens is 1. The van der Waals surface area contributed by atoms with Gasteiger partial charge in [0.15, 0.2) is 11.4 Å². The lowest BCUT2D eigenvalue weighted by Gasteiger charge is -2.25. The first kappa shape index (κ1) is 26.9. The molecule has 3 N–H and O–H groups in total. The second kappa shape index (κ2) is 11.3. The molecule has 0 atom stereocenters. The highest BCUT2D eigenvalue weighted by Gasteiger charge is 2.28. The first-order chi connectivity index (χ1) is 17.1. The molecule has 2 aromatic heterocycles. The molecule has 0 aliphatic rings. The first-order valence-electron chi connectivity index (χ1n) is 12.0. The maximum atomic E-state index is 14.0. The molecule has 0 aliphatic heterocycles. The zero-order valence-electron chi connectivity index (χ0n) is 21.4. The van der Waals surface area contributed by atoms with Crippen LogP contribution in [0.3, 0.4) is 0 Å². The molecule has 194 valence electrons. The van der Waals surface area contributed by atoms with Crippen LogP contribution in [0, 0.1) is 11.8 Å². The number of nitrogens with two attached hydrogens (primary N) is 1. The summed E-state index contributed by atoms with van der Waals surface area (Å²) in [6.07, 6.45) is 0.397. The second-order valence-electron chi connectivity index (χ2n) is 9.58. The molecule has 2 heterocycles. The fourth-order valence-electron chi connectivity index (χ4n) is 4.06. The Bertz CT molecular complexity index is 1420. The molecular formula is C25H34N6O5. The van der Waals surface area contributed by atoms with Gasteiger partial charge in [0.1, 0.15) is 5.82 Å². The van der Waals surface area contributed by atoms with Crippen LogP contribution in [0.2, 0.25) is 0 Å². The lowest BCUT2D eigenvalue weighted by Crippen LogP contribution is -2.43. The van der Waals surface area contributed by atoms with Gasteiger partial charge in [-0.05, 0) is 24.3 Å². The van der Waals surface area contributed by atoms with E-state index in [2.05, 4.69) is 10.1 Å². The smallest absolute Gasteiger partial charge is 0.330 e. The van der Waals surface area contributed by atoms with Crippen molar-refractivity contribution in [2.24, 2.45) is 11.8 Å². The van der Waals surface area contributed by atoms with Gasteiger partial charge in [-0.25, -0.2) is 9.48 Å². The van der Waals surface area contributed by atoms with E-state index >= 15 is 0 Å². The molecule has 1 amide bonds. The number of anilines is 2. The van der Waals surface area contributed by atoms with Gasteiger partial charge in [0.2, 0.25) is 0 Å². The Hall–Kier alpha value is -3.73. The van der Waals surface area contributed by atoms with E-state index in [0.29, 0.717) is 30.3 Å². The number of aromatic nitrogens is 4. The predicted octanol–water partition coefficient (Wildman–Crippen LogP) is 1.82. The van der Waals surface area contributed by atoms with E-state index < -0.39 is 17.2 Å². The molecule has 3 aromatic rings. The Balaban J connectivity index is 2.27. The number of methoxy groups -OCH3 is 1. The minimum Gasteiger partial charge on any atom is -0.385 e. The van der Waals surface area contributed by atoms with Crippen LogP contribution in [-0.2, 0) is 17.8 Å². The maximum absolute atomic E-state index is 14.0. The molecule has 1 aromatic carbocycles. The summed E-state index contributed by atoms with van der Waals surface area (Å²) in [6, 6.07) is 6.73. The van der Waals surface area contributed by atoms with E-state index in [9.17, 15) is 19.2 Å². The standard InChI is InChI=1S/C25H34N6O5/c1-15(2)13-30-21(26)20(22(32)27-25(30)35)29(11-8-12-36-5)24(34)19-17-9-6-7-10-18(17)23(33)31(28-19)14-16(3)4/h6-7,9-10,15-16H,8,11-14,26H2,1-5H3,(H,27,32,35). The third-order valence-electron chi connectivity index (χ3n) is 5.62. The molecular weight excluding hydrogens is 464 g/mol. The number of hydrogen-bond acceptors (Lipinski definition) is 7. The summed E-state index contributed by atoms with van der Waals surface area (Å²) in [5.41, 5.74) is 4.49. The normalized spacial score (nSPS) is 11.5. The van der Waals surface area contributed by atoms with Crippen LogP contribution >= 0.6 is 0 Å². The largest absolute Gasteiger partial charge is 0.385 e. The summed E-state index contributed by atoms with van der Waals surface area (Å²) in [5.74, 6) is -0.545. The molecule has 11 heteroatoms. The number of hydrogen-bond donors (Lipinski definition) is 2. The summed E-state index contributed by atoms with van der Waals surface area (Å²) in [7, 11) is 1.53. The van der Waals surface area contributed by atoms with Crippen molar-refractivity contribution in [3.05, 3.63) is 61.2 Å². The number of ether oxygens (including phenoxy) is 1. The van der Waals surface area contributed by atoms with Crippen LogP contribution in [0.4, 0.5) is 11.5 Å². The lowest BCUT2D eigenvalue weighted by atomic mass is 10.1. The van der Waals surface area contributed by atoms with Gasteiger partial charge >= 0.3 is 5.69 Å². The number of fused-ring (bicyclic) bond motifs is 1. The van der Waals surface area contributed by atoms with Gasteiger partial charge in [-0.15, -0.1) is 0 Å². The average Bonchev–Trinajstić information content (AvgIpc) is 2.81. The third-order valence-corrected chi connectivity index (χ3v) is 5.62. The number of amides is 1. The van der Waals surface area contributed by atoms with Crippen molar-refractivity contribution in [2.45, 2.75) is 47.2 Å². The van der Waals surface area contributed by atoms with Crippen LogP contribution in [0.5, 0.6) is 0 Å². The van der Waals surface area contributed by atoms with Gasteiger partial charge in [-0.2, -0.15) is 5.10 Å². The van der Waals surface area contributed by atoms with Crippen LogP contribution in [0.15, 0.2) is 38.6 Å². The van der Waals surface area contributed by atoms with E-state index in [-0.39, 0.29) is 47.7 Å². The van der Waals surface area contributed by atoms with Gasteiger partial charge in [-0.1, -0.05) is 45.9 Å². The van der Waals surface area contributed by atoms with Gasteiger partial charge in [0.25, 0.3) is 17.0 Å². The van der Waals surface area contributed by atoms with Crippen LogP contribution in [-0.4, -0.2) is 45.5 Å². The van der Waals surface area contributed by atoms with E-state index in [1.165, 1.54) is 21.3 Å². The Labute approximate surface area is 208 Å². The van der Waals surface area contributed by atoms with E-state index in [4.69, 9.17) is 10.5 Å². The van der Waals surface area contributed by atoms with Crippen molar-refractivity contribution in [3.63, 3.8) is 0 Å². The van der Waals surface area contributed by atoms with Crippen molar-refractivity contribution >= 4 is 28.2 Å². The maximum Gasteiger partial charge on any atom is 0.330 e.